The number of H-pyrrole nitrogens is 1. The van der Waals surface area contributed by atoms with E-state index in [9.17, 15) is 9.18 Å². The van der Waals surface area contributed by atoms with Crippen molar-refractivity contribution in [2.45, 2.75) is 19.8 Å². The Morgan fingerprint density at radius 3 is 2.80 bits per heavy atom. The summed E-state index contributed by atoms with van der Waals surface area (Å²) in [5.41, 5.74) is 3.88. The molecule has 0 fully saturated rings. The lowest BCUT2D eigenvalue weighted by Crippen LogP contribution is -2.25. The Kier molecular flexibility index (Phi) is 5.03. The van der Waals surface area contributed by atoms with E-state index in [1.807, 2.05) is 6.20 Å². The molecule has 4 nitrogen and oxygen atoms in total. The van der Waals surface area contributed by atoms with Gasteiger partial charge in [0.2, 0.25) is 0 Å². The van der Waals surface area contributed by atoms with Crippen LogP contribution in [0.2, 0.25) is 0 Å². The predicted molar refractivity (Wildman–Crippen MR) is 96.7 cm³/mol. The van der Waals surface area contributed by atoms with Gasteiger partial charge in [0.1, 0.15) is 0 Å². The molecule has 0 aliphatic carbocycles. The van der Waals surface area contributed by atoms with E-state index in [1.54, 1.807) is 6.07 Å². The summed E-state index contributed by atoms with van der Waals surface area (Å²) in [4.78, 5) is 15.5. The van der Waals surface area contributed by atoms with Crippen molar-refractivity contribution in [1.82, 2.24) is 10.3 Å². The highest BCUT2D eigenvalue weighted by Gasteiger charge is 2.11. The van der Waals surface area contributed by atoms with Crippen molar-refractivity contribution in [2.24, 2.45) is 0 Å². The molecule has 5 heteroatoms. The van der Waals surface area contributed by atoms with Crippen LogP contribution in [0.15, 0.2) is 42.6 Å². The van der Waals surface area contributed by atoms with Gasteiger partial charge >= 0.3 is 0 Å². The topological polar surface area (TPSA) is 54.1 Å². The minimum Gasteiger partial charge on any atom is -0.494 e. The minimum absolute atomic E-state index is 0.127. The summed E-state index contributed by atoms with van der Waals surface area (Å²) in [7, 11) is 1.39. The highest BCUT2D eigenvalue weighted by Crippen LogP contribution is 2.22. The van der Waals surface area contributed by atoms with E-state index >= 15 is 0 Å². The summed E-state index contributed by atoms with van der Waals surface area (Å²) in [6.45, 7) is 2.61. The first-order valence-corrected chi connectivity index (χ1v) is 8.33. The number of halogens is 1. The minimum atomic E-state index is -0.543. The number of hydrogen-bond acceptors (Lipinski definition) is 2. The van der Waals surface area contributed by atoms with Gasteiger partial charge in [0, 0.05) is 29.2 Å². The number of amides is 1. The van der Waals surface area contributed by atoms with Crippen molar-refractivity contribution in [3.05, 3.63) is 65.1 Å². The molecule has 0 aliphatic rings. The Labute approximate surface area is 146 Å². The Morgan fingerprint density at radius 1 is 1.24 bits per heavy atom. The third kappa shape index (κ3) is 3.50. The van der Waals surface area contributed by atoms with Crippen LogP contribution in [0.5, 0.6) is 5.75 Å². The van der Waals surface area contributed by atoms with Gasteiger partial charge < -0.3 is 15.0 Å². The van der Waals surface area contributed by atoms with Gasteiger partial charge in [0.05, 0.1) is 7.11 Å². The van der Waals surface area contributed by atoms with Crippen LogP contribution in [0.4, 0.5) is 4.39 Å². The van der Waals surface area contributed by atoms with Gasteiger partial charge in [-0.15, -0.1) is 0 Å². The van der Waals surface area contributed by atoms with E-state index in [1.165, 1.54) is 30.2 Å². The summed E-state index contributed by atoms with van der Waals surface area (Å²) < 4.78 is 18.6. The molecule has 1 heterocycles. The van der Waals surface area contributed by atoms with E-state index < -0.39 is 5.82 Å². The quantitative estimate of drug-likeness (QED) is 0.716. The second-order valence-corrected chi connectivity index (χ2v) is 5.86. The lowest BCUT2D eigenvalue weighted by Gasteiger charge is -2.07. The number of methoxy groups -OCH3 is 1. The molecular weight excluding hydrogens is 319 g/mol. The molecule has 3 rings (SSSR count). The van der Waals surface area contributed by atoms with Crippen molar-refractivity contribution < 1.29 is 13.9 Å². The third-order valence-corrected chi connectivity index (χ3v) is 4.36. The lowest BCUT2D eigenvalue weighted by molar-refractivity contribution is 0.0953. The van der Waals surface area contributed by atoms with Crippen LogP contribution in [0.25, 0.3) is 10.9 Å². The van der Waals surface area contributed by atoms with E-state index in [0.29, 0.717) is 13.0 Å². The molecule has 2 N–H and O–H groups in total. The number of benzene rings is 2. The number of para-hydroxylation sites is 1. The number of rotatable bonds is 6. The van der Waals surface area contributed by atoms with Gasteiger partial charge in [-0.3, -0.25) is 4.79 Å². The molecule has 0 aliphatic heterocycles. The number of carbonyl (C=O) groups is 1. The Hall–Kier alpha value is -2.82. The van der Waals surface area contributed by atoms with E-state index in [-0.39, 0.29) is 17.2 Å². The van der Waals surface area contributed by atoms with Crippen LogP contribution in [-0.4, -0.2) is 24.5 Å². The maximum absolute atomic E-state index is 13.7. The fourth-order valence-corrected chi connectivity index (χ4v) is 3.00. The van der Waals surface area contributed by atoms with Crippen molar-refractivity contribution in [3.63, 3.8) is 0 Å². The van der Waals surface area contributed by atoms with Gasteiger partial charge in [-0.1, -0.05) is 25.1 Å². The smallest absolute Gasteiger partial charge is 0.251 e. The number of carbonyl (C=O) groups excluding carboxylic acids is 1. The summed E-state index contributed by atoms with van der Waals surface area (Å²) in [5.74, 6) is -0.711. The van der Waals surface area contributed by atoms with Crippen LogP contribution in [0.1, 0.15) is 28.4 Å². The molecule has 25 heavy (non-hydrogen) atoms. The van der Waals surface area contributed by atoms with Crippen LogP contribution in [0, 0.1) is 5.82 Å². The monoisotopic (exact) mass is 340 g/mol. The summed E-state index contributed by atoms with van der Waals surface area (Å²) in [6.07, 6.45) is 3.66. The first kappa shape index (κ1) is 17.0. The van der Waals surface area contributed by atoms with Crippen LogP contribution < -0.4 is 10.1 Å². The first-order valence-electron chi connectivity index (χ1n) is 8.33. The largest absolute Gasteiger partial charge is 0.494 e. The molecule has 2 aromatic carbocycles. The normalized spacial score (nSPS) is 10.8. The molecule has 0 radical (unpaired) electrons. The van der Waals surface area contributed by atoms with Crippen LogP contribution in [-0.2, 0) is 12.8 Å². The van der Waals surface area contributed by atoms with E-state index in [2.05, 4.69) is 35.4 Å². The second-order valence-electron chi connectivity index (χ2n) is 5.86. The van der Waals surface area contributed by atoms with Crippen LogP contribution in [0.3, 0.4) is 0 Å². The fourth-order valence-electron chi connectivity index (χ4n) is 3.00. The average molecular weight is 340 g/mol. The van der Waals surface area contributed by atoms with Gasteiger partial charge in [-0.25, -0.2) is 4.39 Å². The molecule has 0 bridgehead atoms. The van der Waals surface area contributed by atoms with Crippen molar-refractivity contribution >= 4 is 16.8 Å². The SMILES string of the molecule is CCc1cccc2c(CCNC(=O)c3ccc(OC)c(F)c3)c[nH]c12. The molecule has 0 atom stereocenters. The number of hydrogen-bond donors (Lipinski definition) is 2. The highest BCUT2D eigenvalue weighted by atomic mass is 19.1. The highest BCUT2D eigenvalue weighted by molar-refractivity contribution is 5.94. The molecule has 3 aromatic rings. The Bertz CT molecular complexity index is 902. The van der Waals surface area contributed by atoms with Crippen molar-refractivity contribution in [3.8, 4) is 5.75 Å². The van der Waals surface area contributed by atoms with Gasteiger partial charge in [0.15, 0.2) is 11.6 Å². The van der Waals surface area contributed by atoms with Crippen molar-refractivity contribution in [1.29, 1.82) is 0 Å². The predicted octanol–water partition coefficient (Wildman–Crippen LogP) is 3.85. The Balaban J connectivity index is 1.65. The zero-order valence-corrected chi connectivity index (χ0v) is 14.4. The molecule has 1 amide bonds. The standard InChI is InChI=1S/C20H21FN2O2/c1-3-13-5-4-6-16-15(12-23-19(13)16)9-10-22-20(24)14-7-8-18(25-2)17(21)11-14/h4-8,11-12,23H,3,9-10H2,1-2H3,(H,22,24). The van der Waals surface area contributed by atoms with Gasteiger partial charge in [0.25, 0.3) is 5.91 Å². The average Bonchev–Trinajstić information content (AvgIpc) is 3.04. The lowest BCUT2D eigenvalue weighted by atomic mass is 10.1. The van der Waals surface area contributed by atoms with Gasteiger partial charge in [-0.2, -0.15) is 0 Å². The summed E-state index contributed by atoms with van der Waals surface area (Å²) in [5, 5.41) is 4.02. The zero-order valence-electron chi connectivity index (χ0n) is 14.4. The summed E-state index contributed by atoms with van der Waals surface area (Å²) >= 11 is 0. The molecule has 0 saturated carbocycles. The van der Waals surface area contributed by atoms with E-state index in [0.717, 1.165) is 17.5 Å². The summed E-state index contributed by atoms with van der Waals surface area (Å²) in [6, 6.07) is 10.4. The number of fused-ring (bicyclic) bond motifs is 1. The molecule has 1 aromatic heterocycles. The van der Waals surface area contributed by atoms with E-state index in [4.69, 9.17) is 4.74 Å². The fraction of sp³-hybridized carbons (Fsp3) is 0.250. The van der Waals surface area contributed by atoms with Gasteiger partial charge in [-0.05, 0) is 42.2 Å². The first-order chi connectivity index (χ1) is 12.1. The molecule has 0 unspecified atom stereocenters. The molecule has 0 saturated heterocycles. The number of aryl methyl sites for hydroxylation is 1. The number of aromatic amines is 1. The number of aromatic nitrogens is 1. The molecule has 130 valence electrons. The number of nitrogens with one attached hydrogen (secondary N) is 2. The maximum atomic E-state index is 13.7. The zero-order chi connectivity index (χ0) is 17.8. The second kappa shape index (κ2) is 7.38. The van der Waals surface area contributed by atoms with Crippen molar-refractivity contribution in [2.75, 3.05) is 13.7 Å². The van der Waals surface area contributed by atoms with Crippen LogP contribution >= 0.6 is 0 Å². The maximum Gasteiger partial charge on any atom is 0.251 e. The Morgan fingerprint density at radius 2 is 2.08 bits per heavy atom. The molecule has 0 spiro atoms. The number of ether oxygens (including phenoxy) is 1. The third-order valence-electron chi connectivity index (χ3n) is 4.36. The molecular formula is C20H21FN2O2.